The van der Waals surface area contributed by atoms with Crippen LogP contribution >= 0.6 is 0 Å². The smallest absolute Gasteiger partial charge is 0.335 e. The standard InChI is InChI=1S/C21H17F5N4O3S/c1-34(32,33)19-28-10-16(29-19)18(31)30-7-6-12-2-3-14(8-13(12)11-30)20(22,23)15-4-5-17(27-9-15)21(24,25)26/h2-5,8-10H,6-7,11H2,1H3,(H,28,29). The molecule has 34 heavy (non-hydrogen) atoms. The molecule has 3 aromatic rings. The van der Waals surface area contributed by atoms with Crippen LogP contribution in [0.15, 0.2) is 47.9 Å². The number of carbonyl (C=O) groups excluding carboxylic acids is 1. The van der Waals surface area contributed by atoms with Gasteiger partial charge in [0.1, 0.15) is 11.4 Å². The fourth-order valence-electron chi connectivity index (χ4n) is 3.61. The molecule has 0 aliphatic carbocycles. The minimum absolute atomic E-state index is 0.0234. The molecule has 1 aliphatic rings. The first-order valence-electron chi connectivity index (χ1n) is 9.85. The predicted molar refractivity (Wildman–Crippen MR) is 109 cm³/mol. The third kappa shape index (κ3) is 4.52. The average molecular weight is 500 g/mol. The number of rotatable bonds is 4. The van der Waals surface area contributed by atoms with Gasteiger partial charge in [-0.3, -0.25) is 9.78 Å². The van der Waals surface area contributed by atoms with E-state index in [1.807, 2.05) is 0 Å². The number of imidazole rings is 1. The molecule has 2 aromatic heterocycles. The minimum Gasteiger partial charge on any atom is -0.335 e. The van der Waals surface area contributed by atoms with Crippen molar-refractivity contribution in [1.82, 2.24) is 19.9 Å². The number of aromatic nitrogens is 3. The van der Waals surface area contributed by atoms with E-state index in [-0.39, 0.29) is 23.9 Å². The summed E-state index contributed by atoms with van der Waals surface area (Å²) in [6.45, 7) is 0.246. The van der Waals surface area contributed by atoms with Gasteiger partial charge in [0, 0.05) is 42.9 Å². The number of nitrogens with one attached hydrogen (secondary N) is 1. The maximum Gasteiger partial charge on any atom is 0.433 e. The summed E-state index contributed by atoms with van der Waals surface area (Å²) in [4.78, 5) is 23.4. The van der Waals surface area contributed by atoms with Crippen LogP contribution in [0.3, 0.4) is 0 Å². The van der Waals surface area contributed by atoms with Crippen LogP contribution in [-0.2, 0) is 34.9 Å². The van der Waals surface area contributed by atoms with Crippen LogP contribution in [0.2, 0.25) is 0 Å². The molecule has 0 saturated heterocycles. The van der Waals surface area contributed by atoms with Gasteiger partial charge in [-0.15, -0.1) is 0 Å². The lowest BCUT2D eigenvalue weighted by Gasteiger charge is -2.29. The van der Waals surface area contributed by atoms with Gasteiger partial charge >= 0.3 is 6.18 Å². The molecule has 1 amide bonds. The first kappa shape index (κ1) is 23.8. The van der Waals surface area contributed by atoms with E-state index in [0.717, 1.165) is 18.0 Å². The van der Waals surface area contributed by atoms with Gasteiger partial charge in [0.2, 0.25) is 15.0 Å². The highest BCUT2D eigenvalue weighted by atomic mass is 32.2. The van der Waals surface area contributed by atoms with Crippen molar-refractivity contribution in [1.29, 1.82) is 0 Å². The number of H-pyrrole nitrogens is 1. The van der Waals surface area contributed by atoms with Crippen molar-refractivity contribution < 1.29 is 35.2 Å². The average Bonchev–Trinajstić information content (AvgIpc) is 3.28. The first-order chi connectivity index (χ1) is 15.8. The molecule has 1 N–H and O–H groups in total. The van der Waals surface area contributed by atoms with Crippen molar-refractivity contribution in [2.75, 3.05) is 12.8 Å². The number of amides is 1. The number of alkyl halides is 5. The highest BCUT2D eigenvalue weighted by molar-refractivity contribution is 7.90. The Morgan fingerprint density at radius 2 is 1.76 bits per heavy atom. The third-order valence-electron chi connectivity index (χ3n) is 5.41. The van der Waals surface area contributed by atoms with Crippen LogP contribution in [0.5, 0.6) is 0 Å². The van der Waals surface area contributed by atoms with Crippen LogP contribution in [0.4, 0.5) is 22.0 Å². The summed E-state index contributed by atoms with van der Waals surface area (Å²) in [5.74, 6) is -4.19. The summed E-state index contributed by atoms with van der Waals surface area (Å²) >= 11 is 0. The molecule has 4 rings (SSSR count). The van der Waals surface area contributed by atoms with E-state index in [9.17, 15) is 26.4 Å². The monoisotopic (exact) mass is 500 g/mol. The lowest BCUT2D eigenvalue weighted by molar-refractivity contribution is -0.141. The molecule has 1 aliphatic heterocycles. The first-order valence-corrected chi connectivity index (χ1v) is 11.7. The molecule has 0 saturated carbocycles. The Labute approximate surface area is 190 Å². The van der Waals surface area contributed by atoms with E-state index in [0.29, 0.717) is 30.3 Å². The molecule has 180 valence electrons. The summed E-state index contributed by atoms with van der Waals surface area (Å²) in [6, 6.07) is 5.08. The summed E-state index contributed by atoms with van der Waals surface area (Å²) < 4.78 is 91.3. The van der Waals surface area contributed by atoms with Gasteiger partial charge in [0.25, 0.3) is 11.8 Å². The Hall–Kier alpha value is -3.35. The summed E-state index contributed by atoms with van der Waals surface area (Å²) in [7, 11) is -3.64. The summed E-state index contributed by atoms with van der Waals surface area (Å²) in [5, 5.41) is -0.361. The number of hydrogen-bond donors (Lipinski definition) is 1. The topological polar surface area (TPSA) is 96.0 Å². The molecule has 0 bridgehead atoms. The maximum atomic E-state index is 15.0. The number of sulfone groups is 1. The van der Waals surface area contributed by atoms with E-state index in [4.69, 9.17) is 0 Å². The van der Waals surface area contributed by atoms with E-state index in [1.54, 1.807) is 0 Å². The normalized spacial score (nSPS) is 14.7. The lowest BCUT2D eigenvalue weighted by Crippen LogP contribution is -2.36. The number of hydrogen-bond acceptors (Lipinski definition) is 5. The zero-order valence-corrected chi connectivity index (χ0v) is 18.3. The van der Waals surface area contributed by atoms with Crippen molar-refractivity contribution >= 4 is 15.7 Å². The minimum atomic E-state index is -4.74. The molecule has 0 unspecified atom stereocenters. The van der Waals surface area contributed by atoms with Crippen molar-refractivity contribution in [3.63, 3.8) is 0 Å². The zero-order chi connectivity index (χ0) is 24.9. The van der Waals surface area contributed by atoms with Gasteiger partial charge < -0.3 is 9.88 Å². The molecule has 0 fully saturated rings. The predicted octanol–water partition coefficient (Wildman–Crippen LogP) is 3.57. The van der Waals surface area contributed by atoms with Crippen LogP contribution < -0.4 is 0 Å². The molecular formula is C21H17F5N4O3S. The highest BCUT2D eigenvalue weighted by Crippen LogP contribution is 2.38. The molecule has 0 radical (unpaired) electrons. The Kier molecular flexibility index (Phi) is 5.70. The Balaban J connectivity index is 1.58. The number of pyridine rings is 1. The second kappa shape index (κ2) is 8.15. The second-order valence-corrected chi connectivity index (χ2v) is 9.76. The second-order valence-electron chi connectivity index (χ2n) is 7.83. The summed E-state index contributed by atoms with van der Waals surface area (Å²) in [6.07, 6.45) is -1.78. The van der Waals surface area contributed by atoms with E-state index < -0.39 is 44.7 Å². The van der Waals surface area contributed by atoms with Crippen LogP contribution in [0.25, 0.3) is 0 Å². The lowest BCUT2D eigenvalue weighted by atomic mass is 9.93. The number of fused-ring (bicyclic) bond motifs is 1. The van der Waals surface area contributed by atoms with Gasteiger partial charge in [-0.05, 0) is 35.7 Å². The SMILES string of the molecule is CS(=O)(=O)c1nc(C(=O)N2CCc3ccc(C(F)(F)c4ccc(C(F)(F)F)nc4)cc3C2)c[nH]1. The summed E-state index contributed by atoms with van der Waals surface area (Å²) in [5.41, 5.74) is -1.37. The number of aromatic amines is 1. The Morgan fingerprint density at radius 1 is 1.06 bits per heavy atom. The van der Waals surface area contributed by atoms with Crippen LogP contribution in [0, 0.1) is 0 Å². The largest absolute Gasteiger partial charge is 0.433 e. The van der Waals surface area contributed by atoms with Crippen LogP contribution in [0.1, 0.15) is 38.4 Å². The zero-order valence-electron chi connectivity index (χ0n) is 17.5. The fourth-order valence-corrected chi connectivity index (χ4v) is 4.14. The molecule has 0 spiro atoms. The number of nitrogens with zero attached hydrogens (tertiary/aromatic N) is 3. The maximum absolute atomic E-state index is 15.0. The number of carbonyl (C=O) groups is 1. The Morgan fingerprint density at radius 3 is 2.35 bits per heavy atom. The van der Waals surface area contributed by atoms with Crippen molar-refractivity contribution in [3.8, 4) is 0 Å². The van der Waals surface area contributed by atoms with Crippen molar-refractivity contribution in [3.05, 3.63) is 76.4 Å². The fraction of sp³-hybridized carbons (Fsp3) is 0.286. The van der Waals surface area contributed by atoms with Gasteiger partial charge in [-0.1, -0.05) is 12.1 Å². The molecule has 7 nitrogen and oxygen atoms in total. The van der Waals surface area contributed by atoms with E-state index >= 15 is 8.78 Å². The molecule has 3 heterocycles. The van der Waals surface area contributed by atoms with E-state index in [2.05, 4.69) is 15.0 Å². The number of halogens is 5. The Bertz CT molecular complexity index is 1350. The van der Waals surface area contributed by atoms with E-state index in [1.165, 1.54) is 23.1 Å². The van der Waals surface area contributed by atoms with Gasteiger partial charge in [0.05, 0.1) is 0 Å². The van der Waals surface area contributed by atoms with Crippen molar-refractivity contribution in [2.24, 2.45) is 0 Å². The molecular weight excluding hydrogens is 483 g/mol. The van der Waals surface area contributed by atoms with Gasteiger partial charge in [-0.25, -0.2) is 13.4 Å². The molecule has 0 atom stereocenters. The third-order valence-corrected chi connectivity index (χ3v) is 6.32. The van der Waals surface area contributed by atoms with Crippen molar-refractivity contribution in [2.45, 2.75) is 30.2 Å². The highest BCUT2D eigenvalue weighted by Gasteiger charge is 2.38. The van der Waals surface area contributed by atoms with Crippen LogP contribution in [-0.4, -0.2) is 47.0 Å². The molecule has 1 aromatic carbocycles. The molecule has 13 heteroatoms. The van der Waals surface area contributed by atoms with Gasteiger partial charge in [0.15, 0.2) is 0 Å². The quantitative estimate of drug-likeness (QED) is 0.553. The number of benzene rings is 1. The van der Waals surface area contributed by atoms with Gasteiger partial charge in [-0.2, -0.15) is 22.0 Å².